The van der Waals surface area contributed by atoms with E-state index in [0.29, 0.717) is 0 Å². The van der Waals surface area contributed by atoms with Crippen LogP contribution in [0.15, 0.2) is 59.6 Å². The van der Waals surface area contributed by atoms with Gasteiger partial charge in [-0.3, -0.25) is 24.0 Å². The van der Waals surface area contributed by atoms with E-state index in [9.17, 15) is 45.6 Å². The molecule has 0 saturated carbocycles. The third kappa shape index (κ3) is 38.5. The Hall–Kier alpha value is -4.20. The maximum absolute atomic E-state index is 11.7. The van der Waals surface area contributed by atoms with Crippen molar-refractivity contribution in [1.82, 2.24) is 4.90 Å². The van der Waals surface area contributed by atoms with Gasteiger partial charge in [0.15, 0.2) is 33.0 Å². The van der Waals surface area contributed by atoms with Crippen LogP contribution in [0.1, 0.15) is 111 Å². The first-order valence-corrected chi connectivity index (χ1v) is 20.0. The molecule has 0 radical (unpaired) electrons. The number of sulfone groups is 1. The molecule has 326 valence electrons. The highest BCUT2D eigenvalue weighted by atomic mass is 32.2. The second-order valence-electron chi connectivity index (χ2n) is 14.7. The van der Waals surface area contributed by atoms with E-state index < -0.39 is 33.3 Å². The Morgan fingerprint density at radius 2 is 1.14 bits per heavy atom. The highest BCUT2D eigenvalue weighted by molar-refractivity contribution is 7.94. The summed E-state index contributed by atoms with van der Waals surface area (Å²) >= 11 is 0. The van der Waals surface area contributed by atoms with E-state index >= 15 is 0 Å². The minimum Gasteiger partial charge on any atom is -0.306 e. The van der Waals surface area contributed by atoms with Crippen LogP contribution in [-0.4, -0.2) is 74.3 Å². The van der Waals surface area contributed by atoms with E-state index in [2.05, 4.69) is 31.6 Å². The van der Waals surface area contributed by atoms with Gasteiger partial charge in [0, 0.05) is 41.5 Å². The molecule has 0 heterocycles. The molecule has 0 aliphatic heterocycles. The molecule has 0 atom stereocenters. The summed E-state index contributed by atoms with van der Waals surface area (Å²) < 4.78 is 56.4. The number of rotatable bonds is 13. The number of hydrogen-bond donors (Lipinski definition) is 0. The maximum Gasteiger partial charge on any atom is 0.419 e. The van der Waals surface area contributed by atoms with Crippen molar-refractivity contribution in [1.29, 1.82) is 5.26 Å². The van der Waals surface area contributed by atoms with Crippen LogP contribution in [0, 0.1) is 52.8 Å². The van der Waals surface area contributed by atoms with E-state index in [-0.39, 0.29) is 57.6 Å². The van der Waals surface area contributed by atoms with Gasteiger partial charge in [-0.25, -0.2) is 8.42 Å². The summed E-state index contributed by atoms with van der Waals surface area (Å²) in [5.74, 6) is 3.92. The minimum atomic E-state index is -4.58. The predicted octanol–water partition coefficient (Wildman–Crippen LogP) is 9.71. The number of hydrogen-bond acceptors (Lipinski definition) is 9. The van der Waals surface area contributed by atoms with Gasteiger partial charge in [0.2, 0.25) is 5.78 Å². The van der Waals surface area contributed by atoms with Crippen LogP contribution in [0.5, 0.6) is 0 Å². The van der Waals surface area contributed by atoms with Gasteiger partial charge in [0.05, 0.1) is 16.4 Å². The van der Waals surface area contributed by atoms with Gasteiger partial charge in [0.1, 0.15) is 6.07 Å². The lowest BCUT2D eigenvalue weighted by atomic mass is 9.99. The SMILES string of the molecule is C=C(C#N)C(=O)C(C)C.C=C(C(=O)C(C)C)C(F)(F)F.C=CS(=O)(=O)C(C)C.CC#CC(=O)C(C)C.CC(C)=C(C)C(=O)C(C)C.CC(C)C(=O)/C=C/CN(C)C. The largest absolute Gasteiger partial charge is 0.419 e. The van der Waals surface area contributed by atoms with Crippen molar-refractivity contribution >= 4 is 38.8 Å². The third-order valence-electron chi connectivity index (χ3n) is 6.75. The van der Waals surface area contributed by atoms with Crippen LogP contribution < -0.4 is 0 Å². The van der Waals surface area contributed by atoms with Crippen molar-refractivity contribution in [3.63, 3.8) is 0 Å². The van der Waals surface area contributed by atoms with Gasteiger partial charge in [-0.2, -0.15) is 18.4 Å². The number of ketones is 5. The molecule has 0 fully saturated rings. The molecular weight excluding hydrogens is 758 g/mol. The van der Waals surface area contributed by atoms with Crippen LogP contribution in [0.3, 0.4) is 0 Å². The quantitative estimate of drug-likeness (QED) is 0.0766. The molecule has 0 rings (SSSR count). The van der Waals surface area contributed by atoms with Crippen molar-refractivity contribution in [3.05, 3.63) is 59.6 Å². The zero-order valence-corrected chi connectivity index (χ0v) is 38.6. The van der Waals surface area contributed by atoms with Gasteiger partial charge in [-0.1, -0.05) is 107 Å². The van der Waals surface area contributed by atoms with Crippen molar-refractivity contribution in [2.24, 2.45) is 29.6 Å². The number of carbonyl (C=O) groups is 5. The summed E-state index contributed by atoms with van der Waals surface area (Å²) in [5.41, 5.74) is 0.811. The number of likely N-dealkylation sites (N-methyl/N-ethyl adjacent to an activating group) is 1. The number of alkyl halides is 3. The summed E-state index contributed by atoms with van der Waals surface area (Å²) in [6.07, 6.45) is -1.03. The molecule has 0 aromatic heterocycles. The van der Waals surface area contributed by atoms with Gasteiger partial charge in [-0.15, -0.1) is 0 Å². The Labute approximate surface area is 343 Å². The smallest absolute Gasteiger partial charge is 0.306 e. The third-order valence-corrected chi connectivity index (χ3v) is 8.53. The van der Waals surface area contributed by atoms with E-state index in [1.807, 2.05) is 87.4 Å². The Morgan fingerprint density at radius 3 is 1.28 bits per heavy atom. The summed E-state index contributed by atoms with van der Waals surface area (Å²) in [5, 5.41) is 8.83. The van der Waals surface area contributed by atoms with Gasteiger partial charge in [0.25, 0.3) is 0 Å². The predicted molar refractivity (Wildman–Crippen MR) is 229 cm³/mol. The minimum absolute atomic E-state index is 0.0208. The topological polar surface area (TPSA) is 147 Å². The van der Waals surface area contributed by atoms with Gasteiger partial charge in [-0.05, 0) is 73.2 Å². The van der Waals surface area contributed by atoms with E-state index in [1.165, 1.54) is 13.8 Å². The molecular formula is C44H71F3N2O7S. The first-order valence-electron chi connectivity index (χ1n) is 18.3. The standard InChI is InChI=1S/C9H17NO.C9H16O.C7H9F3O.C7H9NO.C7H10O.C5H10O2S/c1-8(2)9(11)6-5-7-10(3)4;1-6(2)8(5)9(10)7(3)4;1-4(2)6(11)5(3)7(8,9)10;1-5(2)7(9)6(3)4-8;1-4-5-7(8)6(2)3;1-4-8(6,7)5(2)3/h5-6,8H,7H2,1-4H3;7H,1-5H3;4H,3H2,1-2H3;5H,3H2,1-2H3;6H,1-3H3;4-5H,1H2,2-3H3/b6-5+;;;;;. The van der Waals surface area contributed by atoms with Crippen LogP contribution in [-0.2, 0) is 33.8 Å². The number of allylic oxidation sites excluding steroid dienone is 5. The Kier molecular flexibility index (Phi) is 38.5. The van der Waals surface area contributed by atoms with Crippen molar-refractivity contribution in [2.45, 2.75) is 122 Å². The molecule has 0 saturated heterocycles. The van der Waals surface area contributed by atoms with Gasteiger partial charge >= 0.3 is 6.18 Å². The van der Waals surface area contributed by atoms with E-state index in [0.717, 1.165) is 23.1 Å². The van der Waals surface area contributed by atoms with Gasteiger partial charge < -0.3 is 4.90 Å². The monoisotopic (exact) mass is 828 g/mol. The number of Topliss-reactive ketones (excluding diaryl/α,β-unsaturated/α-hetero) is 4. The molecule has 9 nitrogen and oxygen atoms in total. The number of halogens is 3. The fraction of sp³-hybridized carbons (Fsp3) is 0.591. The number of nitrogens with zero attached hydrogens (tertiary/aromatic N) is 2. The highest BCUT2D eigenvalue weighted by Gasteiger charge is 2.37. The lowest BCUT2D eigenvalue weighted by Crippen LogP contribution is -2.22. The summed E-state index contributed by atoms with van der Waals surface area (Å²) in [7, 11) is 0.981. The second-order valence-corrected chi connectivity index (χ2v) is 17.1. The Bertz CT molecular complexity index is 1590. The molecule has 0 amide bonds. The maximum atomic E-state index is 11.7. The molecule has 0 unspecified atom stereocenters. The molecule has 0 aromatic rings. The first kappa shape index (κ1) is 64.7. The molecule has 0 aliphatic carbocycles. The number of nitriles is 1. The molecule has 57 heavy (non-hydrogen) atoms. The second kappa shape index (κ2) is 33.9. The number of carbonyl (C=O) groups excluding carboxylic acids is 5. The fourth-order valence-corrected chi connectivity index (χ4v) is 2.99. The normalized spacial score (nSPS) is 10.4. The van der Waals surface area contributed by atoms with Crippen LogP contribution in [0.4, 0.5) is 13.2 Å². The fourth-order valence-electron chi connectivity index (χ4n) is 2.60. The lowest BCUT2D eigenvalue weighted by Gasteiger charge is -2.10. The van der Waals surface area contributed by atoms with Crippen LogP contribution in [0.25, 0.3) is 0 Å². The van der Waals surface area contributed by atoms with Crippen LogP contribution >= 0.6 is 0 Å². The average molecular weight is 829 g/mol. The van der Waals surface area contributed by atoms with Crippen molar-refractivity contribution in [2.75, 3.05) is 20.6 Å². The summed E-state index contributed by atoms with van der Waals surface area (Å²) in [4.78, 5) is 56.3. The average Bonchev–Trinajstić information content (AvgIpc) is 3.09. The lowest BCUT2D eigenvalue weighted by molar-refractivity contribution is -0.131. The van der Waals surface area contributed by atoms with Crippen molar-refractivity contribution in [3.8, 4) is 17.9 Å². The first-order chi connectivity index (χ1) is 25.5. The van der Waals surface area contributed by atoms with E-state index in [4.69, 9.17) is 5.26 Å². The zero-order valence-electron chi connectivity index (χ0n) is 37.8. The highest BCUT2D eigenvalue weighted by Crippen LogP contribution is 2.26. The van der Waals surface area contributed by atoms with Crippen LogP contribution in [0.2, 0.25) is 0 Å². The molecule has 0 bridgehead atoms. The zero-order chi connectivity index (χ0) is 47.2. The van der Waals surface area contributed by atoms with E-state index in [1.54, 1.807) is 46.8 Å². The summed E-state index contributed by atoms with van der Waals surface area (Å²) in [6.45, 7) is 38.3. The Morgan fingerprint density at radius 1 is 0.737 bits per heavy atom. The Balaban J connectivity index is -0.000000138. The molecule has 13 heteroatoms. The molecule has 0 aromatic carbocycles. The molecule has 0 N–H and O–H groups in total. The van der Waals surface area contributed by atoms with Crippen molar-refractivity contribution < 1.29 is 45.6 Å². The molecule has 0 spiro atoms. The molecule has 0 aliphatic rings. The summed E-state index contributed by atoms with van der Waals surface area (Å²) in [6, 6.07) is 1.70.